The van der Waals surface area contributed by atoms with Gasteiger partial charge in [0.2, 0.25) is 0 Å². The fourth-order valence-corrected chi connectivity index (χ4v) is 7.79. The number of carbonyl (C=O) groups is 2. The molecule has 1 fully saturated rings. The lowest BCUT2D eigenvalue weighted by molar-refractivity contribution is -0.133. The number of hydrogen-bond donors (Lipinski definition) is 0. The van der Waals surface area contributed by atoms with Gasteiger partial charge in [0.1, 0.15) is 32.0 Å². The molecule has 3 aliphatic heterocycles. The minimum atomic E-state index is -0.418. The summed E-state index contributed by atoms with van der Waals surface area (Å²) in [4.78, 5) is 34.8. The van der Waals surface area contributed by atoms with Crippen molar-refractivity contribution in [3.63, 3.8) is 0 Å². The summed E-state index contributed by atoms with van der Waals surface area (Å²) in [5.41, 5.74) is 2.23. The number of carbonyl (C=O) groups excluding carboxylic acids is 2. The Morgan fingerprint density at radius 2 is 1.26 bits per heavy atom. The highest BCUT2D eigenvalue weighted by Gasteiger charge is 2.39. The van der Waals surface area contributed by atoms with Crippen molar-refractivity contribution in [2.24, 2.45) is 0 Å². The number of hydrogen-bond acceptors (Lipinski definition) is 10. The molecular weight excluding hydrogens is 607 g/mol. The Bertz CT molecular complexity index is 1630. The zero-order valence-electron chi connectivity index (χ0n) is 24.3. The van der Waals surface area contributed by atoms with E-state index in [2.05, 4.69) is 35.2 Å². The van der Waals surface area contributed by atoms with Crippen LogP contribution in [0.5, 0.6) is 23.0 Å². The summed E-state index contributed by atoms with van der Waals surface area (Å²) in [7, 11) is 4.03. The molecule has 0 radical (unpaired) electrons. The van der Waals surface area contributed by atoms with E-state index in [-0.39, 0.29) is 10.7 Å². The second kappa shape index (κ2) is 12.0. The minimum absolute atomic E-state index is 0.0405. The molecule has 3 aliphatic rings. The average molecular weight is 638 g/mol. The topological polar surface area (TPSA) is 80.8 Å². The zero-order chi connectivity index (χ0) is 30.2. The summed E-state index contributed by atoms with van der Waals surface area (Å²) < 4.78 is 24.4. The van der Waals surface area contributed by atoms with E-state index in [0.717, 1.165) is 25.9 Å². The van der Waals surface area contributed by atoms with Crippen molar-refractivity contribution in [2.75, 3.05) is 58.5 Å². The second-order valence-electron chi connectivity index (χ2n) is 10.1. The Morgan fingerprint density at radius 1 is 0.767 bits per heavy atom. The van der Waals surface area contributed by atoms with Crippen LogP contribution in [-0.4, -0.2) is 80.3 Å². The lowest BCUT2D eigenvalue weighted by atomic mass is 10.1. The van der Waals surface area contributed by atoms with Crippen molar-refractivity contribution in [3.05, 3.63) is 45.2 Å². The van der Waals surface area contributed by atoms with Crippen molar-refractivity contribution >= 4 is 75.7 Å². The van der Waals surface area contributed by atoms with Crippen LogP contribution in [0.1, 0.15) is 29.2 Å². The number of anilines is 1. The molecule has 0 bridgehead atoms. The number of ether oxygens (including phenoxy) is 4. The molecule has 43 heavy (non-hydrogen) atoms. The Morgan fingerprint density at radius 3 is 1.77 bits per heavy atom. The largest absolute Gasteiger partial charge is 0.485 e. The first kappa shape index (κ1) is 29.2. The van der Waals surface area contributed by atoms with Crippen molar-refractivity contribution in [3.8, 4) is 32.8 Å². The summed E-state index contributed by atoms with van der Waals surface area (Å²) in [5.74, 6) is 1.59. The molecule has 12 heteroatoms. The number of nitrogens with zero attached hydrogens (tertiary/aromatic N) is 3. The molecule has 0 spiro atoms. The highest BCUT2D eigenvalue weighted by molar-refractivity contribution is 7.80. The van der Waals surface area contributed by atoms with Gasteiger partial charge in [0.15, 0.2) is 28.1 Å². The quantitative estimate of drug-likeness (QED) is 0.187. The molecule has 0 atom stereocenters. The Balaban J connectivity index is 1.42. The Hall–Kier alpha value is -3.87. The number of amides is 2. The van der Waals surface area contributed by atoms with E-state index in [4.69, 9.17) is 31.2 Å². The smallest absolute Gasteiger partial charge is 0.265 e. The zero-order valence-corrected chi connectivity index (χ0v) is 26.7. The maximum Gasteiger partial charge on any atom is 0.265 e. The van der Waals surface area contributed by atoms with Gasteiger partial charge in [0.25, 0.3) is 11.8 Å². The number of fused-ring (bicyclic) bond motifs is 2. The van der Waals surface area contributed by atoms with E-state index >= 15 is 0 Å². The maximum absolute atomic E-state index is 13.3. The number of thiophene rings is 2. The fraction of sp³-hybridized carbons (Fsp3) is 0.323. The standard InChI is InChI=1S/C31H31N3O6S3/c1-5-33-29(35)20(30(36)34(6-2)31(33)41)17-22-24-26(40-16-14-38-24)28(43-22)27-25-23(37-13-15-39-25)21(42-27)12-9-18-7-10-19(11-8-18)32(3)4/h7-12,17H,5-6,13-16H2,1-4H3/b12-9+. The molecule has 9 nitrogen and oxygen atoms in total. The third-order valence-corrected chi connectivity index (χ3v) is 10.0. The average Bonchev–Trinajstić information content (AvgIpc) is 3.57. The first-order chi connectivity index (χ1) is 20.8. The Labute approximate surface area is 263 Å². The molecule has 1 aromatic carbocycles. The molecule has 224 valence electrons. The van der Waals surface area contributed by atoms with Crippen LogP contribution >= 0.6 is 34.9 Å². The first-order valence-corrected chi connectivity index (χ1v) is 16.1. The van der Waals surface area contributed by atoms with Crippen LogP contribution in [-0.2, 0) is 9.59 Å². The van der Waals surface area contributed by atoms with Gasteiger partial charge >= 0.3 is 0 Å². The molecule has 2 amide bonds. The molecular formula is C31H31N3O6S3. The monoisotopic (exact) mass is 637 g/mol. The van der Waals surface area contributed by atoms with Crippen LogP contribution in [0.4, 0.5) is 5.69 Å². The van der Waals surface area contributed by atoms with Crippen molar-refractivity contribution in [1.29, 1.82) is 0 Å². The molecule has 3 aromatic rings. The summed E-state index contributed by atoms with van der Waals surface area (Å²) in [6.07, 6.45) is 5.69. The Kier molecular flexibility index (Phi) is 8.17. The molecule has 6 rings (SSSR count). The fourth-order valence-electron chi connectivity index (χ4n) is 5.02. The van der Waals surface area contributed by atoms with Crippen LogP contribution in [0.25, 0.3) is 28.0 Å². The van der Waals surface area contributed by atoms with E-state index in [9.17, 15) is 9.59 Å². The van der Waals surface area contributed by atoms with Crippen molar-refractivity contribution in [2.45, 2.75) is 13.8 Å². The molecule has 0 unspecified atom stereocenters. The summed E-state index contributed by atoms with van der Waals surface area (Å²) in [5, 5.41) is 0.224. The van der Waals surface area contributed by atoms with E-state index in [1.54, 1.807) is 6.08 Å². The minimum Gasteiger partial charge on any atom is -0.485 e. The number of rotatable bonds is 7. The number of likely N-dealkylation sites (N-methyl/N-ethyl adjacent to an activating group) is 2. The lowest BCUT2D eigenvalue weighted by Gasteiger charge is -2.35. The van der Waals surface area contributed by atoms with Crippen LogP contribution in [0.3, 0.4) is 0 Å². The van der Waals surface area contributed by atoms with E-state index in [1.165, 1.54) is 32.5 Å². The van der Waals surface area contributed by atoms with Gasteiger partial charge in [-0.25, -0.2) is 0 Å². The molecule has 0 saturated carbocycles. The van der Waals surface area contributed by atoms with Gasteiger partial charge in [0.05, 0.1) is 19.5 Å². The number of benzene rings is 1. The third kappa shape index (κ3) is 5.28. The van der Waals surface area contributed by atoms with Crippen LogP contribution < -0.4 is 23.8 Å². The van der Waals surface area contributed by atoms with Gasteiger partial charge in [0, 0.05) is 32.9 Å². The van der Waals surface area contributed by atoms with Crippen LogP contribution in [0, 0.1) is 0 Å². The summed E-state index contributed by atoms with van der Waals surface area (Å²) in [6.45, 7) is 6.01. The van der Waals surface area contributed by atoms with Gasteiger partial charge in [-0.15, -0.1) is 22.7 Å². The SMILES string of the molecule is CCN1C(=O)C(=Cc2sc(-c3sc(/C=C/c4ccc(N(C)C)cc4)c4c3OCCO4)c3c2OCCO3)C(=O)N(CC)C1=S. The van der Waals surface area contributed by atoms with Gasteiger partial charge in [-0.1, -0.05) is 18.2 Å². The van der Waals surface area contributed by atoms with Crippen LogP contribution in [0.15, 0.2) is 29.8 Å². The molecule has 0 N–H and O–H groups in total. The third-order valence-electron chi connectivity index (χ3n) is 7.21. The van der Waals surface area contributed by atoms with Gasteiger partial charge in [-0.3, -0.25) is 19.4 Å². The maximum atomic E-state index is 13.3. The molecule has 0 aliphatic carbocycles. The van der Waals surface area contributed by atoms with Gasteiger partial charge < -0.3 is 23.8 Å². The van der Waals surface area contributed by atoms with Gasteiger partial charge in [-0.05, 0) is 55.9 Å². The van der Waals surface area contributed by atoms with E-state index in [1.807, 2.05) is 34.0 Å². The summed E-state index contributed by atoms with van der Waals surface area (Å²) in [6, 6.07) is 8.30. The lowest BCUT2D eigenvalue weighted by Crippen LogP contribution is -2.55. The second-order valence-corrected chi connectivity index (χ2v) is 12.5. The normalized spacial score (nSPS) is 16.4. The van der Waals surface area contributed by atoms with E-state index < -0.39 is 11.8 Å². The molecule has 5 heterocycles. The summed E-state index contributed by atoms with van der Waals surface area (Å²) >= 11 is 8.35. The number of thiocarbonyl (C=S) groups is 1. The molecule has 2 aromatic heterocycles. The van der Waals surface area contributed by atoms with E-state index in [0.29, 0.717) is 67.4 Å². The van der Waals surface area contributed by atoms with Crippen LogP contribution in [0.2, 0.25) is 0 Å². The highest BCUT2D eigenvalue weighted by atomic mass is 32.1. The highest BCUT2D eigenvalue weighted by Crippen LogP contribution is 2.58. The van der Waals surface area contributed by atoms with Crippen molar-refractivity contribution < 1.29 is 28.5 Å². The van der Waals surface area contributed by atoms with Crippen molar-refractivity contribution in [1.82, 2.24) is 9.80 Å². The first-order valence-electron chi connectivity index (χ1n) is 14.0. The predicted molar refractivity (Wildman–Crippen MR) is 175 cm³/mol. The predicted octanol–water partition coefficient (Wildman–Crippen LogP) is 5.63. The molecule has 1 saturated heterocycles. The van der Waals surface area contributed by atoms with Gasteiger partial charge in [-0.2, -0.15) is 0 Å².